The number of ether oxygens (including phenoxy) is 5. The number of carbonyl (C=O) groups excluding carboxylic acids is 1. The van der Waals surface area contributed by atoms with Gasteiger partial charge in [0.1, 0.15) is 23.0 Å². The number of pyridine rings is 1. The molecular formula is C81H88N6O6. The molecule has 10 rings (SSSR count). The third-order valence-corrected chi connectivity index (χ3v) is 16.6. The Bertz CT molecular complexity index is 4040. The van der Waals surface area contributed by atoms with Gasteiger partial charge in [0.2, 0.25) is 0 Å². The molecule has 0 fully saturated rings. The topological polar surface area (TPSA) is 137 Å². The van der Waals surface area contributed by atoms with Crippen LogP contribution in [0.2, 0.25) is 0 Å². The summed E-state index contributed by atoms with van der Waals surface area (Å²) in [5.41, 5.74) is 15.2. The van der Waals surface area contributed by atoms with Crippen LogP contribution in [-0.2, 0) is 11.3 Å². The fraction of sp³-hybridized carbons (Fsp3) is 0.333. The predicted octanol–water partition coefficient (Wildman–Crippen LogP) is 19.4. The average molecular weight is 1240 g/mol. The van der Waals surface area contributed by atoms with Gasteiger partial charge >= 0.3 is 5.97 Å². The van der Waals surface area contributed by atoms with E-state index in [1.807, 2.05) is 36.4 Å². The van der Waals surface area contributed by atoms with Crippen LogP contribution < -0.4 is 23.8 Å². The lowest BCUT2D eigenvalue weighted by molar-refractivity contribution is 0.0600. The second-order valence-electron chi connectivity index (χ2n) is 23.9. The van der Waals surface area contributed by atoms with Gasteiger partial charge in [-0.2, -0.15) is 0 Å². The van der Waals surface area contributed by atoms with Crippen LogP contribution in [-0.4, -0.2) is 71.5 Å². The number of rotatable bonds is 30. The largest absolute Gasteiger partial charge is 0.493 e. The molecule has 12 heteroatoms. The van der Waals surface area contributed by atoms with Crippen molar-refractivity contribution >= 4 is 58.0 Å². The van der Waals surface area contributed by atoms with Crippen LogP contribution in [0.15, 0.2) is 134 Å². The Hall–Kier alpha value is -9.78. The van der Waals surface area contributed by atoms with Gasteiger partial charge in [-0.25, -0.2) is 14.8 Å². The van der Waals surface area contributed by atoms with Crippen molar-refractivity contribution in [1.29, 1.82) is 0 Å². The lowest BCUT2D eigenvalue weighted by Gasteiger charge is -2.19. The molecule has 12 nitrogen and oxygen atoms in total. The van der Waals surface area contributed by atoms with E-state index in [0.29, 0.717) is 55.5 Å². The number of H-pyrrole nitrogens is 2. The van der Waals surface area contributed by atoms with Crippen molar-refractivity contribution in [3.05, 3.63) is 190 Å². The Morgan fingerprint density at radius 2 is 0.839 bits per heavy atom. The molecule has 4 aromatic heterocycles. The van der Waals surface area contributed by atoms with E-state index in [1.54, 1.807) is 24.5 Å². The molecule has 0 aliphatic carbocycles. The molecule has 0 saturated heterocycles. The van der Waals surface area contributed by atoms with Crippen molar-refractivity contribution in [2.24, 2.45) is 0 Å². The monoisotopic (exact) mass is 1240 g/mol. The number of hydrogen-bond acceptors (Lipinski definition) is 10. The van der Waals surface area contributed by atoms with Crippen LogP contribution in [0, 0.1) is 23.7 Å². The fourth-order valence-electron chi connectivity index (χ4n) is 11.5. The number of unbranched alkanes of at least 4 members (excludes halogenated alkanes) is 12. The van der Waals surface area contributed by atoms with Crippen molar-refractivity contribution in [3.8, 4) is 68.9 Å². The molecule has 8 aromatic rings. The van der Waals surface area contributed by atoms with E-state index < -0.39 is 0 Å². The molecule has 2 aliphatic heterocycles. The summed E-state index contributed by atoms with van der Waals surface area (Å²) in [4.78, 5) is 37.5. The number of nitrogens with zero attached hydrogens (tertiary/aromatic N) is 4. The van der Waals surface area contributed by atoms with Crippen LogP contribution in [0.25, 0.3) is 68.6 Å². The van der Waals surface area contributed by atoms with Gasteiger partial charge in [-0.15, -0.1) is 0 Å². The van der Waals surface area contributed by atoms with Crippen molar-refractivity contribution in [1.82, 2.24) is 24.9 Å². The summed E-state index contributed by atoms with van der Waals surface area (Å²) in [6.45, 7) is 11.9. The summed E-state index contributed by atoms with van der Waals surface area (Å²) in [7, 11) is 3.45. The Labute approximate surface area is 549 Å². The number of anilines is 1. The zero-order valence-electron chi connectivity index (χ0n) is 55.1. The standard InChI is InChI=1S/C81H88N6O6/c1-7-11-15-19-47-90-65-51-62(52-66(55-65)91-48-20-16-12-8-2)79-75-39-35-71(83-75)69(33-27-58-25-31-64(32-26-58)87(5)57-60-23-29-61(30-24-60)81(88)89-6)72-36-40-76(84-72)80(63-53-67(92-49-21-17-13-9-3)56-68(54-63)93-50-22-18-14-10-4)78-42-38-74(86-78)70(73-37-41-77(79)85-73)34-28-59-43-45-82-46-44-59/h23-26,29-32,35-46,51-56,83,86H,7-22,47-50,57H2,1-6H3. The highest BCUT2D eigenvalue weighted by Gasteiger charge is 2.20. The van der Waals surface area contributed by atoms with Crippen molar-refractivity contribution < 1.29 is 28.5 Å². The summed E-state index contributed by atoms with van der Waals surface area (Å²) in [5.74, 6) is 16.8. The highest BCUT2D eigenvalue weighted by Crippen LogP contribution is 2.39. The summed E-state index contributed by atoms with van der Waals surface area (Å²) in [6.07, 6.45) is 29.3. The number of aromatic amines is 2. The van der Waals surface area contributed by atoms with Crippen molar-refractivity contribution in [3.63, 3.8) is 0 Å². The SMILES string of the molecule is CCCCCCOc1cc(OCCCCCC)cc(-c2c3nc(c(C#Cc4ccc(N(C)Cc5ccc(C(=O)OC)cc5)cc4)c4ccc([nH]4)c(-c4cc(OCCCCCC)cc(OCCCCCC)c4)c4nc(c(C#Cc5ccncc5)c5ccc2[nH]5)C=C4)C=C3)c1. The first-order chi connectivity index (χ1) is 45.7. The van der Waals surface area contributed by atoms with Crippen LogP contribution in [0.1, 0.15) is 191 Å². The fourth-order valence-corrected chi connectivity index (χ4v) is 11.5. The Balaban J connectivity index is 1.19. The average Bonchev–Trinajstić information content (AvgIpc) is 1.66. The Kier molecular flexibility index (Phi) is 24.2. The molecule has 6 heterocycles. The summed E-state index contributed by atoms with van der Waals surface area (Å²) in [5, 5.41) is 0. The number of nitrogens with one attached hydrogen (secondary N) is 2. The molecular weight excluding hydrogens is 1150 g/mol. The van der Waals surface area contributed by atoms with Gasteiger partial charge in [0.15, 0.2) is 0 Å². The number of carbonyl (C=O) groups is 1. The van der Waals surface area contributed by atoms with Gasteiger partial charge in [-0.05, 0) is 164 Å². The van der Waals surface area contributed by atoms with E-state index in [2.05, 4.69) is 175 Å². The van der Waals surface area contributed by atoms with Crippen molar-refractivity contribution in [2.45, 2.75) is 137 Å². The first kappa shape index (κ1) is 66.2. The molecule has 93 heavy (non-hydrogen) atoms. The van der Waals surface area contributed by atoms with E-state index >= 15 is 0 Å². The number of benzene rings is 4. The smallest absolute Gasteiger partial charge is 0.337 e. The summed E-state index contributed by atoms with van der Waals surface area (Å²) < 4.78 is 31.3. The van der Waals surface area contributed by atoms with Crippen LogP contribution >= 0.6 is 0 Å². The van der Waals surface area contributed by atoms with E-state index in [4.69, 9.17) is 33.7 Å². The summed E-state index contributed by atoms with van der Waals surface area (Å²) >= 11 is 0. The second-order valence-corrected chi connectivity index (χ2v) is 23.9. The Morgan fingerprint density at radius 1 is 0.441 bits per heavy atom. The number of methoxy groups -OCH3 is 1. The highest BCUT2D eigenvalue weighted by atomic mass is 16.5. The van der Waals surface area contributed by atoms with Gasteiger partial charge < -0.3 is 38.6 Å². The second kappa shape index (κ2) is 34.0. The molecule has 0 radical (unpaired) electrons. The molecule has 4 aromatic carbocycles. The molecule has 2 N–H and O–H groups in total. The third-order valence-electron chi connectivity index (χ3n) is 16.6. The zero-order chi connectivity index (χ0) is 64.6. The molecule has 0 unspecified atom stereocenters. The number of aromatic nitrogens is 5. The van der Waals surface area contributed by atoms with E-state index in [-0.39, 0.29) is 5.97 Å². The lowest BCUT2D eigenvalue weighted by Crippen LogP contribution is -2.16. The number of esters is 1. The minimum atomic E-state index is -0.356. The number of fused-ring (bicyclic) bond motifs is 8. The third kappa shape index (κ3) is 18.3. The van der Waals surface area contributed by atoms with Gasteiger partial charge in [0.25, 0.3) is 0 Å². The molecule has 0 spiro atoms. The quantitative estimate of drug-likeness (QED) is 0.0254. The molecule has 8 bridgehead atoms. The van der Waals surface area contributed by atoms with Gasteiger partial charge in [-0.1, -0.05) is 141 Å². The minimum Gasteiger partial charge on any atom is -0.493 e. The minimum absolute atomic E-state index is 0.356. The van der Waals surface area contributed by atoms with Crippen molar-refractivity contribution in [2.75, 3.05) is 45.5 Å². The highest BCUT2D eigenvalue weighted by molar-refractivity contribution is 5.96. The van der Waals surface area contributed by atoms with Gasteiger partial charge in [0, 0.05) is 77.1 Å². The van der Waals surface area contributed by atoms with E-state index in [9.17, 15) is 4.79 Å². The van der Waals surface area contributed by atoms with Gasteiger partial charge in [-0.3, -0.25) is 4.98 Å². The first-order valence-corrected chi connectivity index (χ1v) is 33.6. The molecule has 478 valence electrons. The van der Waals surface area contributed by atoms with Gasteiger partial charge in [0.05, 0.1) is 84.0 Å². The maximum Gasteiger partial charge on any atom is 0.337 e. The Morgan fingerprint density at radius 3 is 1.25 bits per heavy atom. The maximum absolute atomic E-state index is 12.1. The van der Waals surface area contributed by atoms with Crippen LogP contribution in [0.4, 0.5) is 5.69 Å². The molecule has 0 amide bonds. The van der Waals surface area contributed by atoms with E-state index in [1.165, 1.54) is 7.11 Å². The lowest BCUT2D eigenvalue weighted by atomic mass is 10.0. The molecule has 0 saturated carbocycles. The maximum atomic E-state index is 12.1. The predicted molar refractivity (Wildman–Crippen MR) is 381 cm³/mol. The molecule has 2 aliphatic rings. The zero-order valence-corrected chi connectivity index (χ0v) is 55.1. The molecule has 0 atom stereocenters. The number of hydrogen-bond donors (Lipinski definition) is 2. The van der Waals surface area contributed by atoms with Crippen LogP contribution in [0.5, 0.6) is 23.0 Å². The first-order valence-electron chi connectivity index (χ1n) is 33.6. The normalized spacial score (nSPS) is 11.4. The summed E-state index contributed by atoms with van der Waals surface area (Å²) in [6, 6.07) is 40.5. The van der Waals surface area contributed by atoms with Crippen LogP contribution in [0.3, 0.4) is 0 Å². The van der Waals surface area contributed by atoms with E-state index in [0.717, 1.165) is 209 Å².